The molecule has 0 unspecified atom stereocenters. The van der Waals surface area contributed by atoms with Crippen molar-refractivity contribution in [1.29, 1.82) is 0 Å². The summed E-state index contributed by atoms with van der Waals surface area (Å²) < 4.78 is 11.5. The summed E-state index contributed by atoms with van der Waals surface area (Å²) in [6, 6.07) is 15.7. The van der Waals surface area contributed by atoms with Crippen LogP contribution in [0, 0.1) is 0 Å². The molecule has 4 heteroatoms. The lowest BCUT2D eigenvalue weighted by Crippen LogP contribution is -2.31. The first kappa shape index (κ1) is 19.0. The van der Waals surface area contributed by atoms with Gasteiger partial charge in [-0.1, -0.05) is 37.3 Å². The second-order valence-electron chi connectivity index (χ2n) is 6.02. The van der Waals surface area contributed by atoms with Gasteiger partial charge in [0.25, 0.3) is 5.91 Å². The van der Waals surface area contributed by atoms with E-state index in [2.05, 4.69) is 5.32 Å². The van der Waals surface area contributed by atoms with Gasteiger partial charge in [0.1, 0.15) is 5.75 Å². The van der Waals surface area contributed by atoms with Crippen LogP contribution in [0.4, 0.5) is 0 Å². The zero-order valence-electron chi connectivity index (χ0n) is 15.2. The number of hydrogen-bond acceptors (Lipinski definition) is 3. The van der Waals surface area contributed by atoms with E-state index in [9.17, 15) is 4.79 Å². The standard InChI is InChI=1S/C21H27NO3/c1-4-16(3)22-21(23)18-11-12-20(25-5-2)19(13-18)15-24-14-17-9-7-6-8-10-17/h6-13,16H,4-5,14-15H2,1-3H3,(H,22,23)/t16-/m0/s1. The minimum Gasteiger partial charge on any atom is -0.494 e. The third kappa shape index (κ3) is 5.91. The zero-order valence-corrected chi connectivity index (χ0v) is 15.2. The van der Waals surface area contributed by atoms with E-state index in [0.29, 0.717) is 25.4 Å². The van der Waals surface area contributed by atoms with E-state index in [0.717, 1.165) is 23.3 Å². The van der Waals surface area contributed by atoms with Gasteiger partial charge in [0.2, 0.25) is 0 Å². The van der Waals surface area contributed by atoms with Crippen molar-refractivity contribution in [3.05, 3.63) is 65.2 Å². The molecule has 0 aliphatic carbocycles. The Morgan fingerprint density at radius 3 is 2.52 bits per heavy atom. The predicted molar refractivity (Wildman–Crippen MR) is 99.8 cm³/mol. The molecular formula is C21H27NO3. The lowest BCUT2D eigenvalue weighted by atomic mass is 10.1. The molecule has 2 aromatic carbocycles. The van der Waals surface area contributed by atoms with Gasteiger partial charge < -0.3 is 14.8 Å². The van der Waals surface area contributed by atoms with Crippen LogP contribution >= 0.6 is 0 Å². The highest BCUT2D eigenvalue weighted by Crippen LogP contribution is 2.22. The van der Waals surface area contributed by atoms with Crippen LogP contribution < -0.4 is 10.1 Å². The Hall–Kier alpha value is -2.33. The molecule has 4 nitrogen and oxygen atoms in total. The Morgan fingerprint density at radius 1 is 1.08 bits per heavy atom. The summed E-state index contributed by atoms with van der Waals surface area (Å²) in [6.45, 7) is 7.48. The van der Waals surface area contributed by atoms with Gasteiger partial charge in [0, 0.05) is 17.2 Å². The Balaban J connectivity index is 2.07. The number of rotatable bonds is 9. The van der Waals surface area contributed by atoms with Gasteiger partial charge in [-0.3, -0.25) is 4.79 Å². The normalized spacial score (nSPS) is 11.8. The maximum atomic E-state index is 12.3. The first-order valence-corrected chi connectivity index (χ1v) is 8.82. The van der Waals surface area contributed by atoms with Gasteiger partial charge in [-0.2, -0.15) is 0 Å². The molecule has 0 aliphatic rings. The molecule has 0 aromatic heterocycles. The van der Waals surface area contributed by atoms with Crippen LogP contribution in [0.25, 0.3) is 0 Å². The van der Waals surface area contributed by atoms with Gasteiger partial charge in [-0.25, -0.2) is 0 Å². The molecule has 0 saturated heterocycles. The van der Waals surface area contributed by atoms with Crippen molar-refractivity contribution in [2.75, 3.05) is 6.61 Å². The Kier molecular flexibility index (Phi) is 7.48. The number of benzene rings is 2. The van der Waals surface area contributed by atoms with Gasteiger partial charge >= 0.3 is 0 Å². The molecule has 0 radical (unpaired) electrons. The van der Waals surface area contributed by atoms with E-state index in [1.807, 2.05) is 63.2 Å². The van der Waals surface area contributed by atoms with Crippen LogP contribution in [0.5, 0.6) is 5.75 Å². The molecule has 1 N–H and O–H groups in total. The summed E-state index contributed by atoms with van der Waals surface area (Å²) in [5, 5.41) is 2.99. The molecule has 1 atom stereocenters. The summed E-state index contributed by atoms with van der Waals surface area (Å²) in [5.41, 5.74) is 2.63. The first-order chi connectivity index (χ1) is 12.1. The van der Waals surface area contributed by atoms with Crippen LogP contribution in [-0.4, -0.2) is 18.6 Å². The molecule has 0 fully saturated rings. The lowest BCUT2D eigenvalue weighted by Gasteiger charge is -2.15. The summed E-state index contributed by atoms with van der Waals surface area (Å²) in [7, 11) is 0. The zero-order chi connectivity index (χ0) is 18.1. The third-order valence-corrected chi connectivity index (χ3v) is 3.98. The highest BCUT2D eigenvalue weighted by Gasteiger charge is 2.12. The maximum absolute atomic E-state index is 12.3. The van der Waals surface area contributed by atoms with Crippen molar-refractivity contribution in [1.82, 2.24) is 5.32 Å². The molecule has 0 heterocycles. The first-order valence-electron chi connectivity index (χ1n) is 8.82. The quantitative estimate of drug-likeness (QED) is 0.738. The fourth-order valence-corrected chi connectivity index (χ4v) is 2.39. The predicted octanol–water partition coefficient (Wildman–Crippen LogP) is 4.33. The van der Waals surface area contributed by atoms with E-state index in [1.54, 1.807) is 6.07 Å². The fraction of sp³-hybridized carbons (Fsp3) is 0.381. The monoisotopic (exact) mass is 341 g/mol. The number of ether oxygens (including phenoxy) is 2. The minimum absolute atomic E-state index is 0.0679. The smallest absolute Gasteiger partial charge is 0.251 e. The summed E-state index contributed by atoms with van der Waals surface area (Å²) in [4.78, 5) is 12.3. The average molecular weight is 341 g/mol. The molecule has 0 bridgehead atoms. The third-order valence-electron chi connectivity index (χ3n) is 3.98. The van der Waals surface area contributed by atoms with Gasteiger partial charge in [0.15, 0.2) is 0 Å². The van der Waals surface area contributed by atoms with Crippen molar-refractivity contribution >= 4 is 5.91 Å². The topological polar surface area (TPSA) is 47.6 Å². The Bertz CT molecular complexity index is 670. The summed E-state index contributed by atoms with van der Waals surface area (Å²) in [6.07, 6.45) is 0.899. The molecule has 2 aromatic rings. The van der Waals surface area contributed by atoms with E-state index in [-0.39, 0.29) is 11.9 Å². The highest BCUT2D eigenvalue weighted by molar-refractivity contribution is 5.94. The number of carbonyl (C=O) groups is 1. The molecule has 0 aliphatic heterocycles. The average Bonchev–Trinajstić information content (AvgIpc) is 2.63. The number of nitrogens with one attached hydrogen (secondary N) is 1. The number of carbonyl (C=O) groups excluding carboxylic acids is 1. The number of hydrogen-bond donors (Lipinski definition) is 1. The Labute approximate surface area is 150 Å². The van der Waals surface area contributed by atoms with E-state index < -0.39 is 0 Å². The summed E-state index contributed by atoms with van der Waals surface area (Å²) >= 11 is 0. The van der Waals surface area contributed by atoms with Crippen molar-refractivity contribution in [3.8, 4) is 5.75 Å². The van der Waals surface area contributed by atoms with E-state index in [4.69, 9.17) is 9.47 Å². The molecule has 25 heavy (non-hydrogen) atoms. The van der Waals surface area contributed by atoms with Crippen LogP contribution in [0.15, 0.2) is 48.5 Å². The van der Waals surface area contributed by atoms with Gasteiger partial charge in [-0.15, -0.1) is 0 Å². The molecule has 0 spiro atoms. The fourth-order valence-electron chi connectivity index (χ4n) is 2.39. The highest BCUT2D eigenvalue weighted by atomic mass is 16.5. The largest absolute Gasteiger partial charge is 0.494 e. The van der Waals surface area contributed by atoms with Crippen LogP contribution in [0.2, 0.25) is 0 Å². The van der Waals surface area contributed by atoms with E-state index >= 15 is 0 Å². The number of amides is 1. The minimum atomic E-state index is -0.0679. The van der Waals surface area contributed by atoms with Crippen molar-refractivity contribution in [3.63, 3.8) is 0 Å². The SMILES string of the molecule is CCOc1ccc(C(=O)N[C@@H](C)CC)cc1COCc1ccccc1. The summed E-state index contributed by atoms with van der Waals surface area (Å²) in [5.74, 6) is 0.692. The molecule has 0 saturated carbocycles. The van der Waals surface area contributed by atoms with Crippen molar-refractivity contribution in [2.45, 2.75) is 46.4 Å². The second-order valence-corrected chi connectivity index (χ2v) is 6.02. The Morgan fingerprint density at radius 2 is 1.84 bits per heavy atom. The van der Waals surface area contributed by atoms with Crippen molar-refractivity contribution < 1.29 is 14.3 Å². The van der Waals surface area contributed by atoms with Crippen LogP contribution in [-0.2, 0) is 18.0 Å². The van der Waals surface area contributed by atoms with E-state index in [1.165, 1.54) is 0 Å². The molecular weight excluding hydrogens is 314 g/mol. The van der Waals surface area contributed by atoms with Crippen LogP contribution in [0.3, 0.4) is 0 Å². The van der Waals surface area contributed by atoms with Gasteiger partial charge in [0.05, 0.1) is 19.8 Å². The lowest BCUT2D eigenvalue weighted by molar-refractivity contribution is 0.0937. The molecule has 134 valence electrons. The molecule has 1 amide bonds. The van der Waals surface area contributed by atoms with Crippen molar-refractivity contribution in [2.24, 2.45) is 0 Å². The molecule has 2 rings (SSSR count). The second kappa shape index (κ2) is 9.84. The van der Waals surface area contributed by atoms with Gasteiger partial charge in [-0.05, 0) is 44.0 Å². The van der Waals surface area contributed by atoms with Crippen LogP contribution in [0.1, 0.15) is 48.7 Å². The maximum Gasteiger partial charge on any atom is 0.251 e.